The molecule has 2 aromatic carbocycles. The normalized spacial score (nSPS) is 13.7. The van der Waals surface area contributed by atoms with E-state index in [-0.39, 0.29) is 12.5 Å². The molecule has 1 saturated heterocycles. The highest BCUT2D eigenvalue weighted by Gasteiger charge is 2.22. The molecule has 0 N–H and O–H groups in total. The first-order valence-corrected chi connectivity index (χ1v) is 10.7. The smallest absolute Gasteiger partial charge is 0.260 e. The van der Waals surface area contributed by atoms with Crippen molar-refractivity contribution in [2.75, 3.05) is 44.8 Å². The zero-order chi connectivity index (χ0) is 22.5. The lowest BCUT2D eigenvalue weighted by molar-refractivity contribution is -0.133. The summed E-state index contributed by atoms with van der Waals surface area (Å²) in [5.74, 6) is 2.30. The van der Waals surface area contributed by atoms with E-state index in [1.807, 2.05) is 66.4 Å². The van der Waals surface area contributed by atoms with Crippen LogP contribution in [0.1, 0.15) is 11.1 Å². The predicted molar refractivity (Wildman–Crippen MR) is 124 cm³/mol. The molecule has 0 unspecified atom stereocenters. The molecule has 0 aliphatic carbocycles. The number of carbonyl (C=O) groups excluding carboxylic acids is 1. The van der Waals surface area contributed by atoms with Gasteiger partial charge in [0.1, 0.15) is 11.5 Å². The number of hydrogen-bond donors (Lipinski definition) is 0. The predicted octanol–water partition coefficient (Wildman–Crippen LogP) is 3.50. The molecule has 1 fully saturated rings. The van der Waals surface area contributed by atoms with E-state index in [1.54, 1.807) is 7.11 Å². The summed E-state index contributed by atoms with van der Waals surface area (Å²) in [6.07, 6.45) is 0. The first kappa shape index (κ1) is 21.6. The van der Waals surface area contributed by atoms with Gasteiger partial charge in [-0.3, -0.25) is 4.79 Å². The van der Waals surface area contributed by atoms with Crippen LogP contribution in [0.2, 0.25) is 0 Å². The molecule has 166 valence electrons. The Morgan fingerprint density at radius 2 is 1.72 bits per heavy atom. The van der Waals surface area contributed by atoms with Gasteiger partial charge in [0.05, 0.1) is 12.8 Å². The molecule has 0 saturated carbocycles. The SMILES string of the molecule is COc1ccccc1-c1ccc(N2CCN(C(=O)COc3ccc(C)c(C)c3)CC2)nn1. The van der Waals surface area contributed by atoms with E-state index < -0.39 is 0 Å². The van der Waals surface area contributed by atoms with Crippen LogP contribution in [0, 0.1) is 13.8 Å². The molecule has 7 heteroatoms. The third kappa shape index (κ3) is 4.82. The van der Waals surface area contributed by atoms with Gasteiger partial charge in [0, 0.05) is 31.7 Å². The van der Waals surface area contributed by atoms with Crippen LogP contribution in [0.4, 0.5) is 5.82 Å². The van der Waals surface area contributed by atoms with Gasteiger partial charge in [-0.2, -0.15) is 0 Å². The van der Waals surface area contributed by atoms with Crippen molar-refractivity contribution in [3.05, 3.63) is 65.7 Å². The number of hydrogen-bond acceptors (Lipinski definition) is 6. The van der Waals surface area contributed by atoms with Gasteiger partial charge in [-0.25, -0.2) is 0 Å². The molecule has 7 nitrogen and oxygen atoms in total. The maximum Gasteiger partial charge on any atom is 0.260 e. The van der Waals surface area contributed by atoms with Gasteiger partial charge in [0.25, 0.3) is 5.91 Å². The Labute approximate surface area is 188 Å². The molecule has 1 aliphatic rings. The highest BCUT2D eigenvalue weighted by molar-refractivity contribution is 5.78. The van der Waals surface area contributed by atoms with Crippen LogP contribution < -0.4 is 14.4 Å². The van der Waals surface area contributed by atoms with E-state index in [2.05, 4.69) is 22.0 Å². The molecule has 0 radical (unpaired) electrons. The first-order valence-electron chi connectivity index (χ1n) is 10.7. The van der Waals surface area contributed by atoms with Crippen LogP contribution in [0.25, 0.3) is 11.3 Å². The number of para-hydroxylation sites is 1. The summed E-state index contributed by atoms with van der Waals surface area (Å²) >= 11 is 0. The summed E-state index contributed by atoms with van der Waals surface area (Å²) < 4.78 is 11.1. The Hall–Kier alpha value is -3.61. The molecule has 0 bridgehead atoms. The van der Waals surface area contributed by atoms with Crippen molar-refractivity contribution in [1.82, 2.24) is 15.1 Å². The second-order valence-corrected chi connectivity index (χ2v) is 7.88. The van der Waals surface area contributed by atoms with Crippen molar-refractivity contribution in [1.29, 1.82) is 0 Å². The molecule has 1 aromatic heterocycles. The van der Waals surface area contributed by atoms with Crippen LogP contribution >= 0.6 is 0 Å². The molecular formula is C25H28N4O3. The minimum atomic E-state index is 0.000447. The summed E-state index contributed by atoms with van der Waals surface area (Å²) in [6.45, 7) is 6.82. The van der Waals surface area contributed by atoms with Gasteiger partial charge in [-0.15, -0.1) is 10.2 Å². The Morgan fingerprint density at radius 3 is 2.41 bits per heavy atom. The molecule has 1 aliphatic heterocycles. The van der Waals surface area contributed by atoms with E-state index in [4.69, 9.17) is 9.47 Å². The van der Waals surface area contributed by atoms with Crippen LogP contribution in [0.3, 0.4) is 0 Å². The van der Waals surface area contributed by atoms with Crippen molar-refractivity contribution in [3.63, 3.8) is 0 Å². The van der Waals surface area contributed by atoms with Gasteiger partial charge in [-0.05, 0) is 61.4 Å². The number of methoxy groups -OCH3 is 1. The standard InChI is InChI=1S/C25H28N4O3/c1-18-8-9-20(16-19(18)2)32-17-25(30)29-14-12-28(13-15-29)24-11-10-22(26-27-24)21-6-4-5-7-23(21)31-3/h4-11,16H,12-15,17H2,1-3H3. The molecule has 3 aromatic rings. The second-order valence-electron chi connectivity index (χ2n) is 7.88. The van der Waals surface area contributed by atoms with Gasteiger partial charge in [0.2, 0.25) is 0 Å². The van der Waals surface area contributed by atoms with E-state index in [0.29, 0.717) is 26.2 Å². The highest BCUT2D eigenvalue weighted by atomic mass is 16.5. The summed E-state index contributed by atoms with van der Waals surface area (Å²) in [6, 6.07) is 17.6. The minimum Gasteiger partial charge on any atom is -0.496 e. The average molecular weight is 433 g/mol. The fourth-order valence-electron chi connectivity index (χ4n) is 3.72. The van der Waals surface area contributed by atoms with Gasteiger partial charge in [0.15, 0.2) is 12.4 Å². The van der Waals surface area contributed by atoms with Crippen LogP contribution in [0.5, 0.6) is 11.5 Å². The zero-order valence-electron chi connectivity index (χ0n) is 18.7. The second kappa shape index (κ2) is 9.68. The van der Waals surface area contributed by atoms with Crippen molar-refractivity contribution < 1.29 is 14.3 Å². The number of rotatable bonds is 6. The number of piperazine rings is 1. The number of amides is 1. The van der Waals surface area contributed by atoms with Gasteiger partial charge < -0.3 is 19.3 Å². The van der Waals surface area contributed by atoms with Crippen LogP contribution in [0.15, 0.2) is 54.6 Å². The first-order chi connectivity index (χ1) is 15.5. The lowest BCUT2D eigenvalue weighted by atomic mass is 10.1. The van der Waals surface area contributed by atoms with Crippen molar-refractivity contribution >= 4 is 11.7 Å². The summed E-state index contributed by atoms with van der Waals surface area (Å²) in [5.41, 5.74) is 4.04. The van der Waals surface area contributed by atoms with E-state index in [1.165, 1.54) is 5.56 Å². The fourth-order valence-corrected chi connectivity index (χ4v) is 3.72. The van der Waals surface area contributed by atoms with E-state index in [0.717, 1.165) is 34.1 Å². The molecule has 0 spiro atoms. The summed E-state index contributed by atoms with van der Waals surface area (Å²) in [7, 11) is 1.65. The monoisotopic (exact) mass is 432 g/mol. The summed E-state index contributed by atoms with van der Waals surface area (Å²) in [4.78, 5) is 16.6. The minimum absolute atomic E-state index is 0.000447. The quantitative estimate of drug-likeness (QED) is 0.594. The number of benzene rings is 2. The lowest BCUT2D eigenvalue weighted by Crippen LogP contribution is -2.50. The van der Waals surface area contributed by atoms with E-state index >= 15 is 0 Å². The molecular weight excluding hydrogens is 404 g/mol. The number of aromatic nitrogens is 2. The number of nitrogens with zero attached hydrogens (tertiary/aromatic N) is 4. The lowest BCUT2D eigenvalue weighted by Gasteiger charge is -2.35. The number of anilines is 1. The van der Waals surface area contributed by atoms with E-state index in [9.17, 15) is 4.79 Å². The molecule has 0 atom stereocenters. The number of aryl methyl sites for hydroxylation is 2. The van der Waals surface area contributed by atoms with Gasteiger partial charge >= 0.3 is 0 Å². The molecule has 32 heavy (non-hydrogen) atoms. The van der Waals surface area contributed by atoms with Crippen LogP contribution in [-0.4, -0.2) is 60.9 Å². The molecule has 1 amide bonds. The average Bonchev–Trinajstić information content (AvgIpc) is 2.84. The summed E-state index contributed by atoms with van der Waals surface area (Å²) in [5, 5.41) is 8.80. The Bertz CT molecular complexity index is 1080. The molecule has 2 heterocycles. The Balaban J connectivity index is 1.31. The maximum absolute atomic E-state index is 12.6. The Morgan fingerprint density at radius 1 is 0.938 bits per heavy atom. The van der Waals surface area contributed by atoms with Crippen molar-refractivity contribution in [3.8, 4) is 22.8 Å². The molecule has 4 rings (SSSR count). The maximum atomic E-state index is 12.6. The van der Waals surface area contributed by atoms with Crippen molar-refractivity contribution in [2.45, 2.75) is 13.8 Å². The number of ether oxygens (including phenoxy) is 2. The largest absolute Gasteiger partial charge is 0.496 e. The Kier molecular flexibility index (Phi) is 6.54. The third-order valence-corrected chi connectivity index (χ3v) is 5.83. The topological polar surface area (TPSA) is 67.8 Å². The van der Waals surface area contributed by atoms with Crippen LogP contribution in [-0.2, 0) is 4.79 Å². The fraction of sp³-hybridized carbons (Fsp3) is 0.320. The highest BCUT2D eigenvalue weighted by Crippen LogP contribution is 2.28. The van der Waals surface area contributed by atoms with Crippen molar-refractivity contribution in [2.24, 2.45) is 0 Å². The number of carbonyl (C=O) groups is 1. The van der Waals surface area contributed by atoms with Gasteiger partial charge in [-0.1, -0.05) is 18.2 Å². The zero-order valence-corrected chi connectivity index (χ0v) is 18.7. The third-order valence-electron chi connectivity index (χ3n) is 5.83.